The molecule has 2 amide bonds. The van der Waals surface area contributed by atoms with Gasteiger partial charge in [-0.1, -0.05) is 12.1 Å². The predicted octanol–water partition coefficient (Wildman–Crippen LogP) is 2.42. The van der Waals surface area contributed by atoms with E-state index < -0.39 is 17.5 Å². The maximum absolute atomic E-state index is 13.7. The molecule has 26 heavy (non-hydrogen) atoms. The topological polar surface area (TPSA) is 72.6 Å². The van der Waals surface area contributed by atoms with Crippen molar-refractivity contribution in [2.45, 2.75) is 19.4 Å². The summed E-state index contributed by atoms with van der Waals surface area (Å²) >= 11 is 0. The fraction of sp³-hybridized carbons (Fsp3) is 0.263. The van der Waals surface area contributed by atoms with Crippen molar-refractivity contribution < 1.29 is 23.1 Å². The Kier molecular flexibility index (Phi) is 5.16. The summed E-state index contributed by atoms with van der Waals surface area (Å²) in [4.78, 5) is 24.9. The highest BCUT2D eigenvalue weighted by Crippen LogP contribution is 2.25. The Morgan fingerprint density at radius 2 is 2.04 bits per heavy atom. The van der Waals surface area contributed by atoms with Crippen LogP contribution in [0.1, 0.15) is 27.9 Å². The van der Waals surface area contributed by atoms with Crippen LogP contribution in [0.4, 0.5) is 8.78 Å². The van der Waals surface area contributed by atoms with Gasteiger partial charge in [0.2, 0.25) is 5.91 Å². The van der Waals surface area contributed by atoms with Crippen LogP contribution in [-0.4, -0.2) is 29.8 Å². The van der Waals surface area contributed by atoms with Crippen molar-refractivity contribution in [2.24, 2.45) is 5.73 Å². The Bertz CT molecular complexity index is 855. The summed E-state index contributed by atoms with van der Waals surface area (Å²) in [5.74, 6) is -1.97. The molecule has 7 heteroatoms. The van der Waals surface area contributed by atoms with E-state index >= 15 is 0 Å². The minimum absolute atomic E-state index is 0.110. The number of primary amides is 1. The van der Waals surface area contributed by atoms with Crippen molar-refractivity contribution in [3.63, 3.8) is 0 Å². The highest BCUT2D eigenvalue weighted by atomic mass is 19.2. The third-order valence-electron chi connectivity index (χ3n) is 4.30. The molecule has 0 aromatic heterocycles. The molecule has 0 atom stereocenters. The summed E-state index contributed by atoms with van der Waals surface area (Å²) in [6.07, 6.45) is 0.743. The largest absolute Gasteiger partial charge is 0.489 e. The van der Waals surface area contributed by atoms with Gasteiger partial charge in [-0.15, -0.1) is 0 Å². The molecule has 1 heterocycles. The van der Waals surface area contributed by atoms with Crippen LogP contribution in [0.3, 0.4) is 0 Å². The number of benzene rings is 2. The van der Waals surface area contributed by atoms with Gasteiger partial charge >= 0.3 is 0 Å². The van der Waals surface area contributed by atoms with Crippen molar-refractivity contribution >= 4 is 11.8 Å². The van der Waals surface area contributed by atoms with Gasteiger partial charge in [-0.3, -0.25) is 9.59 Å². The summed E-state index contributed by atoms with van der Waals surface area (Å²) in [6.45, 7) is 0.673. The molecule has 2 N–H and O–H groups in total. The lowest BCUT2D eigenvalue weighted by Gasteiger charge is -2.28. The van der Waals surface area contributed by atoms with Crippen molar-refractivity contribution in [2.75, 3.05) is 13.1 Å². The van der Waals surface area contributed by atoms with Crippen LogP contribution < -0.4 is 10.5 Å². The molecular formula is C19H18F2N2O3. The van der Waals surface area contributed by atoms with Gasteiger partial charge in [0.1, 0.15) is 12.4 Å². The Balaban J connectivity index is 1.69. The first kappa shape index (κ1) is 17.8. The average Bonchev–Trinajstić information content (AvgIpc) is 2.62. The third-order valence-corrected chi connectivity index (χ3v) is 4.30. The van der Waals surface area contributed by atoms with E-state index in [1.807, 2.05) is 0 Å². The summed E-state index contributed by atoms with van der Waals surface area (Å²) in [7, 11) is 0. The molecule has 0 fully saturated rings. The van der Waals surface area contributed by atoms with E-state index in [0.717, 1.165) is 11.6 Å². The minimum Gasteiger partial charge on any atom is -0.489 e. The van der Waals surface area contributed by atoms with Gasteiger partial charge in [0, 0.05) is 30.6 Å². The van der Waals surface area contributed by atoms with E-state index in [2.05, 4.69) is 0 Å². The van der Waals surface area contributed by atoms with E-state index in [9.17, 15) is 18.4 Å². The molecule has 0 unspecified atom stereocenters. The lowest BCUT2D eigenvalue weighted by atomic mass is 9.98. The Morgan fingerprint density at radius 3 is 2.81 bits per heavy atom. The molecule has 1 aliphatic rings. The molecule has 0 bridgehead atoms. The number of hydrogen-bond acceptors (Lipinski definition) is 3. The molecule has 0 spiro atoms. The number of ether oxygens (including phenoxy) is 1. The van der Waals surface area contributed by atoms with Crippen molar-refractivity contribution in [1.29, 1.82) is 0 Å². The molecule has 0 saturated carbocycles. The first-order valence-corrected chi connectivity index (χ1v) is 8.22. The van der Waals surface area contributed by atoms with Crippen LogP contribution in [0, 0.1) is 11.6 Å². The number of halogens is 2. The van der Waals surface area contributed by atoms with E-state index in [-0.39, 0.29) is 24.5 Å². The number of amides is 2. The number of rotatable bonds is 6. The standard InChI is InChI=1S/C19H18F2N2O3/c20-16-3-1-2-13(18(16)21)11-26-14-4-5-15-12(10-14)6-8-23(19(15)25)9-7-17(22)24/h1-5,10H,6-9,11H2,(H2,22,24). The van der Waals surface area contributed by atoms with E-state index in [0.29, 0.717) is 30.8 Å². The monoisotopic (exact) mass is 360 g/mol. The number of hydrogen-bond donors (Lipinski definition) is 1. The summed E-state index contributed by atoms with van der Waals surface area (Å²) < 4.78 is 32.4. The summed E-state index contributed by atoms with van der Waals surface area (Å²) in [5, 5.41) is 0. The molecule has 1 aliphatic heterocycles. The average molecular weight is 360 g/mol. The third kappa shape index (κ3) is 3.82. The van der Waals surface area contributed by atoms with Crippen LogP contribution in [-0.2, 0) is 17.8 Å². The second-order valence-corrected chi connectivity index (χ2v) is 6.08. The van der Waals surface area contributed by atoms with Crippen LogP contribution in [0.25, 0.3) is 0 Å². The van der Waals surface area contributed by atoms with E-state index in [1.165, 1.54) is 12.1 Å². The SMILES string of the molecule is NC(=O)CCN1CCc2cc(OCc3cccc(F)c3F)ccc2C1=O. The number of nitrogens with zero attached hydrogens (tertiary/aromatic N) is 1. The first-order chi connectivity index (χ1) is 12.5. The predicted molar refractivity (Wildman–Crippen MR) is 90.6 cm³/mol. The van der Waals surface area contributed by atoms with Crippen molar-refractivity contribution in [3.8, 4) is 5.75 Å². The molecule has 0 saturated heterocycles. The van der Waals surface area contributed by atoms with E-state index in [4.69, 9.17) is 10.5 Å². The van der Waals surface area contributed by atoms with Crippen LogP contribution >= 0.6 is 0 Å². The fourth-order valence-corrected chi connectivity index (χ4v) is 2.88. The second kappa shape index (κ2) is 7.51. The maximum Gasteiger partial charge on any atom is 0.254 e. The molecule has 2 aromatic carbocycles. The Labute approximate surface area is 149 Å². The Morgan fingerprint density at radius 1 is 1.23 bits per heavy atom. The first-order valence-electron chi connectivity index (χ1n) is 8.22. The molecule has 136 valence electrons. The zero-order valence-corrected chi connectivity index (χ0v) is 14.0. The lowest BCUT2D eigenvalue weighted by molar-refractivity contribution is -0.118. The maximum atomic E-state index is 13.7. The van der Waals surface area contributed by atoms with Gasteiger partial charge < -0.3 is 15.4 Å². The Hall–Kier alpha value is -2.96. The van der Waals surface area contributed by atoms with Gasteiger partial charge in [-0.2, -0.15) is 0 Å². The number of fused-ring (bicyclic) bond motifs is 1. The quantitative estimate of drug-likeness (QED) is 0.860. The number of carbonyl (C=O) groups excluding carboxylic acids is 2. The van der Waals surface area contributed by atoms with Crippen molar-refractivity contribution in [3.05, 3.63) is 64.7 Å². The van der Waals surface area contributed by atoms with Gasteiger partial charge in [0.05, 0.1) is 0 Å². The van der Waals surface area contributed by atoms with Gasteiger partial charge in [0.25, 0.3) is 5.91 Å². The molecule has 0 aliphatic carbocycles. The summed E-state index contributed by atoms with van der Waals surface area (Å²) in [5.41, 5.74) is 6.62. The highest BCUT2D eigenvalue weighted by molar-refractivity contribution is 5.97. The van der Waals surface area contributed by atoms with Gasteiger partial charge in [-0.25, -0.2) is 8.78 Å². The van der Waals surface area contributed by atoms with Crippen LogP contribution in [0.15, 0.2) is 36.4 Å². The number of nitrogens with two attached hydrogens (primary N) is 1. The fourth-order valence-electron chi connectivity index (χ4n) is 2.88. The van der Waals surface area contributed by atoms with Gasteiger partial charge in [-0.05, 0) is 36.2 Å². The molecular weight excluding hydrogens is 342 g/mol. The molecule has 3 rings (SSSR count). The second-order valence-electron chi connectivity index (χ2n) is 6.08. The smallest absolute Gasteiger partial charge is 0.254 e. The zero-order valence-electron chi connectivity index (χ0n) is 14.0. The summed E-state index contributed by atoms with van der Waals surface area (Å²) in [6, 6.07) is 8.92. The molecule has 0 radical (unpaired) electrons. The van der Waals surface area contributed by atoms with Crippen molar-refractivity contribution in [1.82, 2.24) is 4.90 Å². The lowest BCUT2D eigenvalue weighted by Crippen LogP contribution is -2.39. The van der Waals surface area contributed by atoms with Crippen LogP contribution in [0.5, 0.6) is 5.75 Å². The minimum atomic E-state index is -0.925. The van der Waals surface area contributed by atoms with E-state index in [1.54, 1.807) is 23.1 Å². The zero-order chi connectivity index (χ0) is 18.7. The van der Waals surface area contributed by atoms with Gasteiger partial charge in [0.15, 0.2) is 11.6 Å². The van der Waals surface area contributed by atoms with Crippen LogP contribution in [0.2, 0.25) is 0 Å². The highest BCUT2D eigenvalue weighted by Gasteiger charge is 2.24. The molecule has 2 aromatic rings. The molecule has 5 nitrogen and oxygen atoms in total. The number of carbonyl (C=O) groups is 2. The normalized spacial score (nSPS) is 13.5.